The SMILES string of the molecule is CS(=O)(=O)NCCc1cc(Cl)cc2cc(S(N)(=O)=O)[nH]c12. The van der Waals surface area contributed by atoms with Gasteiger partial charge in [0.15, 0.2) is 0 Å². The van der Waals surface area contributed by atoms with Crippen molar-refractivity contribution in [2.75, 3.05) is 12.8 Å². The van der Waals surface area contributed by atoms with Gasteiger partial charge in [-0.25, -0.2) is 26.7 Å². The molecule has 1 aromatic heterocycles. The zero-order chi connectivity index (χ0) is 15.8. The van der Waals surface area contributed by atoms with Gasteiger partial charge in [0, 0.05) is 22.5 Å². The third-order valence-electron chi connectivity index (χ3n) is 2.82. The summed E-state index contributed by atoms with van der Waals surface area (Å²) in [6, 6.07) is 4.65. The average Bonchev–Trinajstić information content (AvgIpc) is 2.70. The highest BCUT2D eigenvalue weighted by molar-refractivity contribution is 7.89. The molecule has 0 fully saturated rings. The largest absolute Gasteiger partial charge is 0.344 e. The molecule has 0 aliphatic carbocycles. The van der Waals surface area contributed by atoms with Crippen LogP contribution in [-0.4, -0.2) is 34.6 Å². The number of fused-ring (bicyclic) bond motifs is 1. The van der Waals surface area contributed by atoms with E-state index in [9.17, 15) is 16.8 Å². The minimum absolute atomic E-state index is 0.114. The van der Waals surface area contributed by atoms with Gasteiger partial charge >= 0.3 is 0 Å². The number of aromatic nitrogens is 1. The Morgan fingerprint density at radius 1 is 1.24 bits per heavy atom. The zero-order valence-corrected chi connectivity index (χ0v) is 13.4. The predicted octanol–water partition coefficient (Wildman–Crippen LogP) is 0.560. The van der Waals surface area contributed by atoms with E-state index in [1.807, 2.05) is 0 Å². The molecule has 0 unspecified atom stereocenters. The maximum Gasteiger partial charge on any atom is 0.253 e. The van der Waals surface area contributed by atoms with Crippen molar-refractivity contribution in [1.29, 1.82) is 0 Å². The first-order chi connectivity index (χ1) is 9.56. The first-order valence-electron chi connectivity index (χ1n) is 5.85. The molecule has 0 saturated heterocycles. The molecule has 0 aliphatic rings. The number of hydrogen-bond acceptors (Lipinski definition) is 4. The highest BCUT2D eigenvalue weighted by Gasteiger charge is 2.14. The summed E-state index contributed by atoms with van der Waals surface area (Å²) < 4.78 is 47.2. The molecule has 0 spiro atoms. The first-order valence-corrected chi connectivity index (χ1v) is 9.66. The number of nitrogens with one attached hydrogen (secondary N) is 2. The topological polar surface area (TPSA) is 122 Å². The summed E-state index contributed by atoms with van der Waals surface area (Å²) in [4.78, 5) is 2.73. The van der Waals surface area contributed by atoms with Crippen molar-refractivity contribution in [3.05, 3.63) is 28.8 Å². The fourth-order valence-corrected chi connectivity index (χ4v) is 3.23. The lowest BCUT2D eigenvalue weighted by Gasteiger charge is -2.05. The number of sulfonamides is 2. The molecule has 4 N–H and O–H groups in total. The van der Waals surface area contributed by atoms with Crippen molar-refractivity contribution in [3.8, 4) is 0 Å². The molecule has 0 bridgehead atoms. The average molecular weight is 352 g/mol. The van der Waals surface area contributed by atoms with Crippen LogP contribution < -0.4 is 9.86 Å². The number of nitrogens with two attached hydrogens (primary N) is 1. The Labute approximate surface area is 127 Å². The maximum atomic E-state index is 11.4. The van der Waals surface area contributed by atoms with E-state index in [-0.39, 0.29) is 11.6 Å². The van der Waals surface area contributed by atoms with Crippen LogP contribution in [-0.2, 0) is 26.5 Å². The van der Waals surface area contributed by atoms with Crippen LogP contribution in [0.25, 0.3) is 10.9 Å². The summed E-state index contributed by atoms with van der Waals surface area (Å²) in [6.07, 6.45) is 1.42. The van der Waals surface area contributed by atoms with E-state index in [0.29, 0.717) is 27.9 Å². The number of rotatable bonds is 5. The molecular formula is C11H14ClN3O4S2. The minimum atomic E-state index is -3.85. The van der Waals surface area contributed by atoms with Crippen LogP contribution in [0.5, 0.6) is 0 Å². The number of hydrogen-bond donors (Lipinski definition) is 3. The van der Waals surface area contributed by atoms with Gasteiger partial charge in [-0.2, -0.15) is 0 Å². The highest BCUT2D eigenvalue weighted by atomic mass is 35.5. The van der Waals surface area contributed by atoms with Gasteiger partial charge in [0.05, 0.1) is 6.26 Å². The number of aromatic amines is 1. The van der Waals surface area contributed by atoms with Gasteiger partial charge in [-0.1, -0.05) is 11.6 Å². The molecule has 21 heavy (non-hydrogen) atoms. The molecule has 1 aromatic carbocycles. The normalized spacial score (nSPS) is 12.9. The van der Waals surface area contributed by atoms with Crippen molar-refractivity contribution >= 4 is 42.6 Å². The Bertz CT molecular complexity index is 888. The van der Waals surface area contributed by atoms with E-state index < -0.39 is 20.0 Å². The van der Waals surface area contributed by atoms with Crippen molar-refractivity contribution in [1.82, 2.24) is 9.71 Å². The predicted molar refractivity (Wildman–Crippen MR) is 81.2 cm³/mol. The Kier molecular flexibility index (Phi) is 4.31. The lowest BCUT2D eigenvalue weighted by atomic mass is 10.1. The summed E-state index contributed by atoms with van der Waals surface area (Å²) in [5.41, 5.74) is 1.27. The Morgan fingerprint density at radius 3 is 2.48 bits per heavy atom. The summed E-state index contributed by atoms with van der Waals surface area (Å²) >= 11 is 5.98. The quantitative estimate of drug-likeness (QED) is 0.728. The smallest absolute Gasteiger partial charge is 0.253 e. The number of benzene rings is 1. The molecule has 1 heterocycles. The molecule has 10 heteroatoms. The van der Waals surface area contributed by atoms with Crippen molar-refractivity contribution in [2.24, 2.45) is 5.14 Å². The lowest BCUT2D eigenvalue weighted by molar-refractivity contribution is 0.587. The van der Waals surface area contributed by atoms with Gasteiger partial charge in [-0.15, -0.1) is 0 Å². The molecule has 2 rings (SSSR count). The van der Waals surface area contributed by atoms with E-state index in [1.54, 1.807) is 12.1 Å². The van der Waals surface area contributed by atoms with Crippen LogP contribution in [0.4, 0.5) is 0 Å². The van der Waals surface area contributed by atoms with Gasteiger partial charge in [0.1, 0.15) is 5.03 Å². The highest BCUT2D eigenvalue weighted by Crippen LogP contribution is 2.26. The van der Waals surface area contributed by atoms with Crippen molar-refractivity contribution in [2.45, 2.75) is 11.4 Å². The van der Waals surface area contributed by atoms with E-state index in [1.165, 1.54) is 6.07 Å². The van der Waals surface area contributed by atoms with Crippen molar-refractivity contribution < 1.29 is 16.8 Å². The fourth-order valence-electron chi connectivity index (χ4n) is 1.97. The summed E-state index contributed by atoms with van der Waals surface area (Å²) in [5.74, 6) is 0. The molecule has 116 valence electrons. The molecule has 0 radical (unpaired) electrons. The standard InChI is InChI=1S/C11H14ClN3O4S2/c1-20(16,17)14-3-2-7-4-9(12)5-8-6-10(15-11(7)8)21(13,18)19/h4-6,14-15H,2-3H2,1H3,(H2,13,18,19). The number of primary sulfonamides is 1. The summed E-state index contributed by atoms with van der Waals surface area (Å²) in [6.45, 7) is 0.179. The van der Waals surface area contributed by atoms with Gasteiger partial charge in [0.2, 0.25) is 10.0 Å². The number of halogens is 1. The molecular weight excluding hydrogens is 338 g/mol. The zero-order valence-electron chi connectivity index (χ0n) is 11.1. The third kappa shape index (κ3) is 4.17. The molecule has 0 saturated carbocycles. The summed E-state index contributed by atoms with van der Waals surface area (Å²) in [5, 5.41) is 5.99. The third-order valence-corrected chi connectivity index (χ3v) is 4.59. The van der Waals surface area contributed by atoms with Gasteiger partial charge in [-0.05, 0) is 30.2 Å². The second-order valence-corrected chi connectivity index (χ2v) is 8.42. The second kappa shape index (κ2) is 5.58. The van der Waals surface area contributed by atoms with Crippen LogP contribution in [0.3, 0.4) is 0 Å². The molecule has 0 atom stereocenters. The summed E-state index contributed by atoms with van der Waals surface area (Å²) in [7, 11) is -7.13. The molecule has 7 nitrogen and oxygen atoms in total. The van der Waals surface area contributed by atoms with Crippen molar-refractivity contribution in [3.63, 3.8) is 0 Å². The Hall–Kier alpha value is -1.13. The van der Waals surface area contributed by atoms with E-state index in [2.05, 4.69) is 9.71 Å². The van der Waals surface area contributed by atoms with Gasteiger partial charge < -0.3 is 4.98 Å². The van der Waals surface area contributed by atoms with E-state index in [0.717, 1.165) is 6.26 Å². The van der Waals surface area contributed by atoms with E-state index >= 15 is 0 Å². The number of H-pyrrole nitrogens is 1. The monoisotopic (exact) mass is 351 g/mol. The van der Waals surface area contributed by atoms with Crippen LogP contribution in [0.2, 0.25) is 5.02 Å². The second-order valence-electron chi connectivity index (χ2n) is 4.62. The van der Waals surface area contributed by atoms with Gasteiger partial charge in [-0.3, -0.25) is 0 Å². The molecule has 0 amide bonds. The molecule has 0 aliphatic heterocycles. The lowest BCUT2D eigenvalue weighted by Crippen LogP contribution is -2.24. The van der Waals surface area contributed by atoms with Crippen LogP contribution >= 0.6 is 11.6 Å². The van der Waals surface area contributed by atoms with Crippen LogP contribution in [0.15, 0.2) is 23.2 Å². The first kappa shape index (κ1) is 16.2. The van der Waals surface area contributed by atoms with Crippen LogP contribution in [0, 0.1) is 0 Å². The minimum Gasteiger partial charge on any atom is -0.344 e. The molecule has 2 aromatic rings. The maximum absolute atomic E-state index is 11.4. The van der Waals surface area contributed by atoms with E-state index in [4.69, 9.17) is 16.7 Å². The Balaban J connectivity index is 2.41. The van der Waals surface area contributed by atoms with Crippen LogP contribution in [0.1, 0.15) is 5.56 Å². The van der Waals surface area contributed by atoms with Gasteiger partial charge in [0.25, 0.3) is 10.0 Å². The Morgan fingerprint density at radius 2 is 1.90 bits per heavy atom. The fraction of sp³-hybridized carbons (Fsp3) is 0.273.